The Balaban J connectivity index is 1.98. The molecule has 0 saturated carbocycles. The second-order valence-electron chi connectivity index (χ2n) is 7.88. The lowest BCUT2D eigenvalue weighted by Crippen LogP contribution is -2.38. The van der Waals surface area contributed by atoms with Crippen molar-refractivity contribution >= 4 is 44.3 Å². The van der Waals surface area contributed by atoms with Crippen LogP contribution in [0.4, 0.5) is 0 Å². The minimum atomic E-state index is -0.405. The average Bonchev–Trinajstić information content (AvgIpc) is 2.77. The second kappa shape index (κ2) is 11.1. The quantitative estimate of drug-likeness (QED) is 0.400. The zero-order valence-electron chi connectivity index (χ0n) is 18.4. The molecule has 0 aliphatic carbocycles. The van der Waals surface area contributed by atoms with E-state index in [0.717, 1.165) is 30.2 Å². The Bertz CT molecular complexity index is 1160. The van der Waals surface area contributed by atoms with E-state index in [1.807, 2.05) is 25.1 Å². The molecule has 2 N–H and O–H groups in total. The first-order valence-corrected chi connectivity index (χ1v) is 11.9. The van der Waals surface area contributed by atoms with Gasteiger partial charge in [0.2, 0.25) is 0 Å². The number of hydrogen-bond acceptors (Lipinski definition) is 4. The van der Waals surface area contributed by atoms with Gasteiger partial charge in [-0.2, -0.15) is 0 Å². The van der Waals surface area contributed by atoms with E-state index in [0.29, 0.717) is 40.4 Å². The van der Waals surface area contributed by atoms with Gasteiger partial charge in [0.25, 0.3) is 11.5 Å². The molecule has 3 rings (SSSR count). The van der Waals surface area contributed by atoms with Crippen LogP contribution in [0, 0.1) is 0 Å². The van der Waals surface area contributed by atoms with Gasteiger partial charge in [0.05, 0.1) is 16.9 Å². The van der Waals surface area contributed by atoms with Gasteiger partial charge in [-0.1, -0.05) is 46.4 Å². The highest BCUT2D eigenvalue weighted by molar-refractivity contribution is 9.10. The largest absolute Gasteiger partial charge is 0.330 e. The van der Waals surface area contributed by atoms with Crippen molar-refractivity contribution in [3.05, 3.63) is 73.7 Å². The molecule has 0 fully saturated rings. The lowest BCUT2D eigenvalue weighted by molar-refractivity contribution is 0.0675. The number of carbonyl (C=O) groups is 1. The smallest absolute Gasteiger partial charge is 0.261 e. The van der Waals surface area contributed by atoms with Crippen LogP contribution in [-0.4, -0.2) is 33.4 Å². The highest BCUT2D eigenvalue weighted by Gasteiger charge is 2.26. The zero-order chi connectivity index (χ0) is 23.3. The van der Waals surface area contributed by atoms with E-state index in [2.05, 4.69) is 15.9 Å². The fourth-order valence-electron chi connectivity index (χ4n) is 3.81. The summed E-state index contributed by atoms with van der Waals surface area (Å²) in [7, 11) is 1.69. The third kappa shape index (κ3) is 5.57. The minimum Gasteiger partial charge on any atom is -0.330 e. The predicted octanol–water partition coefficient (Wildman–Crippen LogP) is 5.07. The summed E-state index contributed by atoms with van der Waals surface area (Å²) in [5.41, 5.74) is 6.55. The molecule has 1 amide bonds. The van der Waals surface area contributed by atoms with Gasteiger partial charge in [-0.15, -0.1) is 0 Å². The van der Waals surface area contributed by atoms with Gasteiger partial charge in [-0.05, 0) is 62.7 Å². The Hall–Kier alpha value is -2.22. The third-order valence-electron chi connectivity index (χ3n) is 5.60. The van der Waals surface area contributed by atoms with Crippen LogP contribution in [0.15, 0.2) is 51.7 Å². The Morgan fingerprint density at radius 3 is 2.66 bits per heavy atom. The van der Waals surface area contributed by atoms with Crippen LogP contribution < -0.4 is 11.3 Å². The van der Waals surface area contributed by atoms with Crippen molar-refractivity contribution in [3.8, 4) is 0 Å². The van der Waals surface area contributed by atoms with Crippen molar-refractivity contribution in [2.75, 3.05) is 13.1 Å². The molecule has 170 valence electrons. The van der Waals surface area contributed by atoms with Gasteiger partial charge < -0.3 is 10.6 Å². The monoisotopic (exact) mass is 518 g/mol. The molecule has 1 aromatic heterocycles. The van der Waals surface area contributed by atoms with E-state index in [1.54, 1.807) is 36.2 Å². The Labute approximate surface area is 201 Å². The minimum absolute atomic E-state index is 0.0990. The van der Waals surface area contributed by atoms with Crippen molar-refractivity contribution in [1.29, 1.82) is 0 Å². The van der Waals surface area contributed by atoms with E-state index in [4.69, 9.17) is 22.3 Å². The number of aromatic nitrogens is 2. The van der Waals surface area contributed by atoms with E-state index in [9.17, 15) is 9.59 Å². The van der Waals surface area contributed by atoms with Crippen molar-refractivity contribution in [1.82, 2.24) is 14.5 Å². The molecule has 0 aliphatic heterocycles. The Kier molecular flexibility index (Phi) is 8.45. The summed E-state index contributed by atoms with van der Waals surface area (Å²) in [5, 5.41) is 1.01. The van der Waals surface area contributed by atoms with Gasteiger partial charge in [-0.25, -0.2) is 4.98 Å². The van der Waals surface area contributed by atoms with Crippen molar-refractivity contribution in [2.24, 2.45) is 12.8 Å². The predicted molar refractivity (Wildman–Crippen MR) is 133 cm³/mol. The summed E-state index contributed by atoms with van der Waals surface area (Å²) in [6.45, 7) is 3.14. The number of fused-ring (bicyclic) bond motifs is 1. The summed E-state index contributed by atoms with van der Waals surface area (Å²) in [6, 6.07) is 12.0. The fraction of sp³-hybridized carbons (Fsp3) is 0.375. The number of hydrogen-bond donors (Lipinski definition) is 1. The van der Waals surface area contributed by atoms with Crippen molar-refractivity contribution < 1.29 is 4.79 Å². The van der Waals surface area contributed by atoms with Crippen LogP contribution in [0.25, 0.3) is 10.9 Å². The van der Waals surface area contributed by atoms with Gasteiger partial charge in [-0.3, -0.25) is 14.2 Å². The molecular formula is C24H28BrClN4O2. The second-order valence-corrected chi connectivity index (χ2v) is 9.24. The number of halogens is 2. The molecule has 2 aromatic carbocycles. The molecule has 0 spiro atoms. The summed E-state index contributed by atoms with van der Waals surface area (Å²) in [5.74, 6) is 0.424. The maximum atomic E-state index is 13.5. The maximum Gasteiger partial charge on any atom is 0.261 e. The number of nitrogens with two attached hydrogens (primary N) is 1. The van der Waals surface area contributed by atoms with Gasteiger partial charge in [0, 0.05) is 28.7 Å². The number of carbonyl (C=O) groups excluding carboxylic acids is 1. The van der Waals surface area contributed by atoms with Crippen LogP contribution in [0.3, 0.4) is 0 Å². The highest BCUT2D eigenvalue weighted by atomic mass is 79.9. The van der Waals surface area contributed by atoms with Crippen LogP contribution >= 0.6 is 27.5 Å². The number of amides is 1. The molecule has 1 atom stereocenters. The Morgan fingerprint density at radius 2 is 1.94 bits per heavy atom. The first-order valence-electron chi connectivity index (χ1n) is 10.8. The van der Waals surface area contributed by atoms with Gasteiger partial charge in [0.15, 0.2) is 0 Å². The lowest BCUT2D eigenvalue weighted by Gasteiger charge is -2.30. The number of benzene rings is 2. The molecular weight excluding hydrogens is 492 g/mol. The number of rotatable bonds is 9. The molecule has 0 aliphatic rings. The summed E-state index contributed by atoms with van der Waals surface area (Å²) >= 11 is 9.58. The van der Waals surface area contributed by atoms with Crippen LogP contribution in [0.2, 0.25) is 5.02 Å². The van der Waals surface area contributed by atoms with Gasteiger partial charge in [0.1, 0.15) is 5.82 Å². The number of nitrogens with zero attached hydrogens (tertiary/aromatic N) is 3. The molecule has 0 radical (unpaired) electrons. The van der Waals surface area contributed by atoms with Crippen LogP contribution in [0.1, 0.15) is 54.8 Å². The van der Waals surface area contributed by atoms with Gasteiger partial charge >= 0.3 is 0 Å². The first kappa shape index (κ1) is 24.4. The standard InChI is InChI=1S/C24H28BrClN4O2/c1-16(22-28-21-15-19(26)10-11-20(21)24(32)29(22)2)30(13-6-4-3-5-12-27)23(31)17-8-7-9-18(25)14-17/h7-11,14-16H,3-6,12-13,27H2,1-2H3. The maximum absolute atomic E-state index is 13.5. The summed E-state index contributed by atoms with van der Waals surface area (Å²) < 4.78 is 2.36. The molecule has 6 nitrogen and oxygen atoms in total. The van der Waals surface area contributed by atoms with Crippen molar-refractivity contribution in [2.45, 2.75) is 38.6 Å². The van der Waals surface area contributed by atoms with Crippen LogP contribution in [-0.2, 0) is 7.05 Å². The van der Waals surface area contributed by atoms with E-state index >= 15 is 0 Å². The SMILES string of the molecule is CC(c1nc2cc(Cl)ccc2c(=O)n1C)N(CCCCCCN)C(=O)c1cccc(Br)c1. The lowest BCUT2D eigenvalue weighted by atomic mass is 10.1. The van der Waals surface area contributed by atoms with Crippen LogP contribution in [0.5, 0.6) is 0 Å². The first-order chi connectivity index (χ1) is 15.3. The van der Waals surface area contributed by atoms with E-state index in [-0.39, 0.29) is 11.5 Å². The van der Waals surface area contributed by atoms with Crippen molar-refractivity contribution in [3.63, 3.8) is 0 Å². The molecule has 0 saturated heterocycles. The van der Waals surface area contributed by atoms with E-state index < -0.39 is 6.04 Å². The summed E-state index contributed by atoms with van der Waals surface area (Å²) in [4.78, 5) is 33.0. The highest BCUT2D eigenvalue weighted by Crippen LogP contribution is 2.24. The Morgan fingerprint density at radius 1 is 1.19 bits per heavy atom. The van der Waals surface area contributed by atoms with E-state index in [1.165, 1.54) is 4.57 Å². The zero-order valence-corrected chi connectivity index (χ0v) is 20.7. The normalized spacial score (nSPS) is 12.2. The topological polar surface area (TPSA) is 81.2 Å². The molecule has 32 heavy (non-hydrogen) atoms. The molecule has 1 unspecified atom stereocenters. The molecule has 0 bridgehead atoms. The number of unbranched alkanes of at least 4 members (excludes halogenated alkanes) is 3. The molecule has 1 heterocycles. The third-order valence-corrected chi connectivity index (χ3v) is 6.33. The molecule has 3 aromatic rings. The summed E-state index contributed by atoms with van der Waals surface area (Å²) in [6.07, 6.45) is 3.81. The average molecular weight is 520 g/mol. The molecule has 8 heteroatoms. The fourth-order valence-corrected chi connectivity index (χ4v) is 4.38.